The number of nitrogens with one attached hydrogen (secondary N) is 1. The van der Waals surface area contributed by atoms with E-state index in [9.17, 15) is 15.2 Å². The Bertz CT molecular complexity index is 737. The van der Waals surface area contributed by atoms with Gasteiger partial charge in [-0.1, -0.05) is 12.1 Å². The van der Waals surface area contributed by atoms with Crippen LogP contribution in [0.3, 0.4) is 0 Å². The summed E-state index contributed by atoms with van der Waals surface area (Å²) in [4.78, 5) is 10.1. The molecular weight excluding hydrogens is 340 g/mol. The molecule has 0 bridgehead atoms. The molecule has 8 nitrogen and oxygen atoms in total. The van der Waals surface area contributed by atoms with Crippen LogP contribution in [0.15, 0.2) is 48.5 Å². The van der Waals surface area contributed by atoms with Crippen molar-refractivity contribution in [1.29, 1.82) is 0 Å². The Morgan fingerprint density at radius 3 is 2.69 bits per heavy atom. The van der Waals surface area contributed by atoms with Gasteiger partial charge in [-0.05, 0) is 24.3 Å². The average Bonchev–Trinajstić information content (AvgIpc) is 2.66. The quantitative estimate of drug-likeness (QED) is 0.546. The van der Waals surface area contributed by atoms with Gasteiger partial charge in [0.05, 0.1) is 4.92 Å². The normalized spacial score (nSPS) is 16.7. The van der Waals surface area contributed by atoms with E-state index in [0.717, 1.165) is 5.75 Å². The van der Waals surface area contributed by atoms with E-state index in [1.807, 2.05) is 24.3 Å². The van der Waals surface area contributed by atoms with Crippen molar-refractivity contribution < 1.29 is 24.2 Å². The minimum Gasteiger partial charge on any atom is -0.491 e. The van der Waals surface area contributed by atoms with E-state index >= 15 is 0 Å². The summed E-state index contributed by atoms with van der Waals surface area (Å²) in [5, 5.41) is 23.7. The summed E-state index contributed by atoms with van der Waals surface area (Å²) < 4.78 is 16.9. The van der Waals surface area contributed by atoms with Crippen molar-refractivity contribution in [1.82, 2.24) is 5.32 Å². The Balaban J connectivity index is 1.35. The number of aliphatic hydroxyl groups excluding tert-OH is 1. The van der Waals surface area contributed by atoms with Gasteiger partial charge in [0.25, 0.3) is 5.69 Å². The van der Waals surface area contributed by atoms with Crippen LogP contribution < -0.4 is 19.5 Å². The Morgan fingerprint density at radius 1 is 1.23 bits per heavy atom. The lowest BCUT2D eigenvalue weighted by molar-refractivity contribution is -0.384. The van der Waals surface area contributed by atoms with Gasteiger partial charge in [-0.25, -0.2) is 0 Å². The van der Waals surface area contributed by atoms with E-state index < -0.39 is 11.0 Å². The number of non-ortho nitro benzene ring substituents is 1. The molecule has 8 heteroatoms. The molecule has 138 valence electrons. The van der Waals surface area contributed by atoms with E-state index in [1.54, 1.807) is 0 Å². The summed E-state index contributed by atoms with van der Waals surface area (Å²) in [5.41, 5.74) is -0.00385. The van der Waals surface area contributed by atoms with Crippen LogP contribution >= 0.6 is 0 Å². The number of para-hydroxylation sites is 2. The van der Waals surface area contributed by atoms with Crippen molar-refractivity contribution in [2.45, 2.75) is 12.2 Å². The summed E-state index contributed by atoms with van der Waals surface area (Å²) in [6.07, 6.45) is -0.852. The zero-order chi connectivity index (χ0) is 18.4. The lowest BCUT2D eigenvalue weighted by Gasteiger charge is -2.27. The number of ether oxygens (including phenoxy) is 3. The fourth-order valence-electron chi connectivity index (χ4n) is 2.49. The van der Waals surface area contributed by atoms with E-state index in [4.69, 9.17) is 14.2 Å². The van der Waals surface area contributed by atoms with Crippen LogP contribution in [0, 0.1) is 10.1 Å². The third-order valence-electron chi connectivity index (χ3n) is 3.81. The third-order valence-corrected chi connectivity index (χ3v) is 3.81. The largest absolute Gasteiger partial charge is 0.491 e. The molecule has 2 unspecified atom stereocenters. The fraction of sp³-hybridized carbons (Fsp3) is 0.333. The number of fused-ring (bicyclic) bond motifs is 1. The van der Waals surface area contributed by atoms with Gasteiger partial charge in [0.1, 0.15) is 31.2 Å². The van der Waals surface area contributed by atoms with Crippen molar-refractivity contribution in [3.8, 4) is 17.2 Å². The van der Waals surface area contributed by atoms with Crippen molar-refractivity contribution >= 4 is 5.69 Å². The number of nitro benzene ring substituents is 1. The highest BCUT2D eigenvalue weighted by molar-refractivity contribution is 5.40. The molecule has 0 fully saturated rings. The number of nitro groups is 1. The van der Waals surface area contributed by atoms with Gasteiger partial charge in [-0.3, -0.25) is 10.1 Å². The van der Waals surface area contributed by atoms with Crippen molar-refractivity contribution in [3.05, 3.63) is 58.6 Å². The first-order valence-electron chi connectivity index (χ1n) is 8.26. The second-order valence-electron chi connectivity index (χ2n) is 5.87. The number of rotatable bonds is 8. The fourth-order valence-corrected chi connectivity index (χ4v) is 2.49. The first-order chi connectivity index (χ1) is 12.6. The molecule has 26 heavy (non-hydrogen) atoms. The van der Waals surface area contributed by atoms with E-state index in [-0.39, 0.29) is 18.4 Å². The molecule has 1 aliphatic rings. The summed E-state index contributed by atoms with van der Waals surface area (Å²) in [6.45, 7) is 1.38. The number of aliphatic hydroxyl groups is 1. The van der Waals surface area contributed by atoms with Crippen LogP contribution in [0.25, 0.3) is 0 Å². The predicted octanol–water partition coefficient (Wildman–Crippen LogP) is 1.76. The van der Waals surface area contributed by atoms with E-state index in [2.05, 4.69) is 5.32 Å². The van der Waals surface area contributed by atoms with Crippen molar-refractivity contribution in [2.75, 3.05) is 26.3 Å². The van der Waals surface area contributed by atoms with E-state index in [1.165, 1.54) is 24.3 Å². The molecule has 1 heterocycles. The molecule has 0 aromatic heterocycles. The Labute approximate surface area is 150 Å². The highest BCUT2D eigenvalue weighted by Gasteiger charge is 2.20. The van der Waals surface area contributed by atoms with Crippen LogP contribution in [0.4, 0.5) is 5.69 Å². The van der Waals surface area contributed by atoms with Gasteiger partial charge in [0.15, 0.2) is 11.5 Å². The highest BCUT2D eigenvalue weighted by atomic mass is 16.6. The molecule has 2 atom stereocenters. The Hall–Kier alpha value is -2.84. The maximum atomic E-state index is 10.6. The van der Waals surface area contributed by atoms with Gasteiger partial charge in [0, 0.05) is 25.2 Å². The lowest BCUT2D eigenvalue weighted by Crippen LogP contribution is -2.41. The van der Waals surface area contributed by atoms with Gasteiger partial charge in [-0.15, -0.1) is 0 Å². The molecule has 0 aliphatic carbocycles. The number of nitrogens with zero attached hydrogens (tertiary/aromatic N) is 1. The SMILES string of the molecule is O=[N+]([O-])c1ccc(OCC(O)CNCC2COc3ccccc3O2)cc1. The monoisotopic (exact) mass is 360 g/mol. The van der Waals surface area contributed by atoms with Gasteiger partial charge in [0.2, 0.25) is 0 Å². The van der Waals surface area contributed by atoms with Crippen LogP contribution in [0.2, 0.25) is 0 Å². The van der Waals surface area contributed by atoms with Crippen LogP contribution in [-0.2, 0) is 0 Å². The molecule has 0 radical (unpaired) electrons. The smallest absolute Gasteiger partial charge is 0.269 e. The Morgan fingerprint density at radius 2 is 1.96 bits per heavy atom. The van der Waals surface area contributed by atoms with E-state index in [0.29, 0.717) is 31.2 Å². The molecule has 2 aromatic carbocycles. The second kappa shape index (κ2) is 8.50. The van der Waals surface area contributed by atoms with Crippen LogP contribution in [0.5, 0.6) is 17.2 Å². The van der Waals surface area contributed by atoms with Gasteiger partial charge >= 0.3 is 0 Å². The van der Waals surface area contributed by atoms with Gasteiger partial charge in [-0.2, -0.15) is 0 Å². The average molecular weight is 360 g/mol. The number of hydrogen-bond donors (Lipinski definition) is 2. The molecule has 0 saturated heterocycles. The Kier molecular flexibility index (Phi) is 5.88. The molecule has 2 N–H and O–H groups in total. The molecular formula is C18H20N2O6. The number of benzene rings is 2. The number of hydrogen-bond acceptors (Lipinski definition) is 7. The van der Waals surface area contributed by atoms with Crippen molar-refractivity contribution in [2.24, 2.45) is 0 Å². The zero-order valence-corrected chi connectivity index (χ0v) is 14.0. The maximum absolute atomic E-state index is 10.6. The first-order valence-corrected chi connectivity index (χ1v) is 8.26. The summed E-state index contributed by atoms with van der Waals surface area (Å²) in [5.74, 6) is 1.92. The highest BCUT2D eigenvalue weighted by Crippen LogP contribution is 2.30. The first kappa shape index (κ1) is 18.0. The van der Waals surface area contributed by atoms with Gasteiger partial charge < -0.3 is 24.6 Å². The minimum absolute atomic E-state index is 0.00385. The predicted molar refractivity (Wildman–Crippen MR) is 93.8 cm³/mol. The van der Waals surface area contributed by atoms with Crippen LogP contribution in [-0.4, -0.2) is 48.5 Å². The van der Waals surface area contributed by atoms with Crippen molar-refractivity contribution in [3.63, 3.8) is 0 Å². The molecule has 2 aromatic rings. The standard InChI is InChI=1S/C18H20N2O6/c21-14(11-24-15-7-5-13(6-8-15)20(22)23)9-19-10-16-12-25-17-3-1-2-4-18(17)26-16/h1-8,14,16,19,21H,9-12H2. The third kappa shape index (κ3) is 4.84. The summed E-state index contributed by atoms with van der Waals surface area (Å²) in [7, 11) is 0. The summed E-state index contributed by atoms with van der Waals surface area (Å²) >= 11 is 0. The lowest BCUT2D eigenvalue weighted by atomic mass is 10.2. The molecule has 3 rings (SSSR count). The summed E-state index contributed by atoms with van der Waals surface area (Å²) in [6, 6.07) is 13.2. The topological polar surface area (TPSA) is 103 Å². The maximum Gasteiger partial charge on any atom is 0.269 e. The zero-order valence-electron chi connectivity index (χ0n) is 14.0. The second-order valence-corrected chi connectivity index (χ2v) is 5.87. The molecule has 1 aliphatic heterocycles. The molecule has 0 saturated carbocycles. The molecule has 0 amide bonds. The molecule has 0 spiro atoms. The minimum atomic E-state index is -0.720. The van der Waals surface area contributed by atoms with Crippen LogP contribution in [0.1, 0.15) is 0 Å².